The Morgan fingerprint density at radius 3 is 1.41 bits per heavy atom. The van der Waals surface area contributed by atoms with E-state index in [-0.39, 0.29) is 30.0 Å². The second kappa shape index (κ2) is 35.5. The third-order valence-corrected chi connectivity index (χ3v) is 11.2. The van der Waals surface area contributed by atoms with Gasteiger partial charge in [-0.25, -0.2) is 0 Å². The van der Waals surface area contributed by atoms with Crippen LogP contribution in [-0.2, 0) is 42.9 Å². The second-order valence-electron chi connectivity index (χ2n) is 19.3. The maximum absolute atomic E-state index is 13.2. The van der Waals surface area contributed by atoms with Crippen molar-refractivity contribution in [2.45, 2.75) is 200 Å². The normalized spacial score (nSPS) is 25.8. The van der Waals surface area contributed by atoms with E-state index in [4.69, 9.17) is 23.7 Å². The summed E-state index contributed by atoms with van der Waals surface area (Å²) in [5, 5.41) is 70.8. The molecule has 19 nitrogen and oxygen atoms in total. The number of methoxy groups -OCH3 is 1. The Morgan fingerprint density at radius 1 is 0.545 bits per heavy atom. The minimum Gasteiger partial charge on any atom is -0.394 e. The molecule has 0 aromatic rings. The topological polar surface area (TPSA) is 284 Å². The van der Waals surface area contributed by atoms with Crippen molar-refractivity contribution in [2.75, 3.05) is 59.8 Å². The molecule has 2 saturated heterocycles. The van der Waals surface area contributed by atoms with Gasteiger partial charge in [-0.15, -0.1) is 0 Å². The molecule has 2 rings (SSSR count). The molecule has 0 bridgehead atoms. The predicted molar refractivity (Wildman–Crippen MR) is 248 cm³/mol. The van der Waals surface area contributed by atoms with E-state index in [1.807, 2.05) is 0 Å². The number of aliphatic hydroxyl groups is 6. The highest BCUT2D eigenvalue weighted by molar-refractivity contribution is 5.87. The molecule has 66 heavy (non-hydrogen) atoms. The third-order valence-electron chi connectivity index (χ3n) is 11.2. The zero-order chi connectivity index (χ0) is 49.5. The second-order valence-corrected chi connectivity index (χ2v) is 19.3. The molecule has 0 aliphatic carbocycles. The Labute approximate surface area is 394 Å². The Morgan fingerprint density at radius 2 is 0.955 bits per heavy atom. The lowest BCUT2D eigenvalue weighted by Gasteiger charge is -2.40. The molecule has 0 radical (unpaired) electrons. The summed E-state index contributed by atoms with van der Waals surface area (Å²) >= 11 is 0. The van der Waals surface area contributed by atoms with Crippen molar-refractivity contribution < 1.29 is 73.5 Å². The van der Waals surface area contributed by atoms with E-state index in [0.29, 0.717) is 122 Å². The molecule has 19 heteroatoms. The summed E-state index contributed by atoms with van der Waals surface area (Å²) in [5.74, 6) is -1.59. The van der Waals surface area contributed by atoms with Crippen LogP contribution in [0.1, 0.15) is 144 Å². The number of carbonyl (C=O) groups is 4. The first-order chi connectivity index (χ1) is 31.3. The highest BCUT2D eigenvalue weighted by Gasteiger charge is 2.43. The number of ether oxygens (including phenoxy) is 5. The highest BCUT2D eigenvalue weighted by atomic mass is 16.7. The van der Waals surface area contributed by atoms with Crippen LogP contribution in [0.5, 0.6) is 0 Å². The first-order valence-corrected chi connectivity index (χ1v) is 24.4. The molecule has 2 aliphatic rings. The van der Waals surface area contributed by atoms with Crippen LogP contribution in [0.25, 0.3) is 0 Å². The number of unbranched alkanes of at least 4 members (excludes halogenated alkanes) is 7. The summed E-state index contributed by atoms with van der Waals surface area (Å²) in [6.07, 6.45) is 1.41. The van der Waals surface area contributed by atoms with Gasteiger partial charge in [0.25, 0.3) is 0 Å². The Balaban J connectivity index is 0.00000411. The van der Waals surface area contributed by atoms with Crippen molar-refractivity contribution in [3.05, 3.63) is 0 Å². The molecule has 4 amide bonds. The lowest BCUT2D eigenvalue weighted by Crippen LogP contribution is -2.55. The lowest BCUT2D eigenvalue weighted by atomic mass is 9.92. The number of nitrogens with one attached hydrogen (secondary N) is 4. The monoisotopic (exact) mass is 951 g/mol. The largest absolute Gasteiger partial charge is 0.394 e. The van der Waals surface area contributed by atoms with E-state index in [2.05, 4.69) is 49.0 Å². The molecule has 0 saturated carbocycles. The van der Waals surface area contributed by atoms with Gasteiger partial charge in [-0.1, -0.05) is 60.8 Å². The number of aliphatic hydroxyl groups excluding tert-OH is 6. The summed E-state index contributed by atoms with van der Waals surface area (Å²) in [6.45, 7) is 13.9. The van der Waals surface area contributed by atoms with Crippen LogP contribution in [-0.4, -0.2) is 169 Å². The molecule has 2 heterocycles. The quantitative estimate of drug-likeness (QED) is 0.0421. The summed E-state index contributed by atoms with van der Waals surface area (Å²) in [4.78, 5) is 50.6. The van der Waals surface area contributed by atoms with E-state index < -0.39 is 80.3 Å². The van der Waals surface area contributed by atoms with Crippen LogP contribution < -0.4 is 21.3 Å². The molecule has 2 fully saturated rings. The van der Waals surface area contributed by atoms with E-state index in [1.54, 1.807) is 21.0 Å². The van der Waals surface area contributed by atoms with Gasteiger partial charge in [0.05, 0.1) is 25.4 Å². The fourth-order valence-corrected chi connectivity index (χ4v) is 7.13. The minimum absolute atomic E-state index is 0.0121. The van der Waals surface area contributed by atoms with Crippen molar-refractivity contribution in [1.82, 2.24) is 21.3 Å². The van der Waals surface area contributed by atoms with Crippen molar-refractivity contribution in [3.63, 3.8) is 0 Å². The fourth-order valence-electron chi connectivity index (χ4n) is 7.13. The number of hydrogen-bond acceptors (Lipinski definition) is 15. The predicted octanol–water partition coefficient (Wildman–Crippen LogP) is 1.94. The maximum Gasteiger partial charge on any atom is 0.242 e. The minimum atomic E-state index is -1.20. The molecular weight excluding hydrogens is 861 g/mol. The van der Waals surface area contributed by atoms with Gasteiger partial charge in [0.2, 0.25) is 23.6 Å². The molecule has 10 unspecified atom stereocenters. The number of amides is 4. The van der Waals surface area contributed by atoms with Crippen molar-refractivity contribution >= 4 is 23.6 Å². The Kier molecular flexibility index (Phi) is 33.1. The average molecular weight is 951 g/mol. The van der Waals surface area contributed by atoms with Gasteiger partial charge in [-0.3, -0.25) is 19.2 Å². The number of rotatable bonds is 33. The van der Waals surface area contributed by atoms with Crippen LogP contribution in [0.3, 0.4) is 0 Å². The van der Waals surface area contributed by atoms with Crippen LogP contribution >= 0.6 is 0 Å². The maximum atomic E-state index is 13.2. The van der Waals surface area contributed by atoms with E-state index in [9.17, 15) is 49.8 Å². The van der Waals surface area contributed by atoms with E-state index >= 15 is 0 Å². The zero-order valence-electron chi connectivity index (χ0n) is 41.2. The zero-order valence-corrected chi connectivity index (χ0v) is 41.2. The summed E-state index contributed by atoms with van der Waals surface area (Å²) < 4.78 is 27.6. The van der Waals surface area contributed by atoms with E-state index in [1.165, 1.54) is 0 Å². The van der Waals surface area contributed by atoms with Gasteiger partial charge in [-0.05, 0) is 69.6 Å². The molecular formula is C47H90N4O15. The van der Waals surface area contributed by atoms with Crippen LogP contribution in [0.15, 0.2) is 0 Å². The summed E-state index contributed by atoms with van der Waals surface area (Å²) in [6, 6.07) is -0.748. The average Bonchev–Trinajstić information content (AvgIpc) is 3.27. The molecule has 2 aliphatic heterocycles. The Bertz CT molecular complexity index is 1300. The SMILES string of the molecule is CC(C)(C)C.COCCCNC(=O)CCCCCNC(=O)[C@H](CCCCNC(=O)CCCCCOC1OC(CO)C(O)C(O)C1C)NC(=O)CCCCCOC1OC(CO)C(O)C(O)C1C. The van der Waals surface area contributed by atoms with Crippen LogP contribution in [0, 0.1) is 17.3 Å². The number of carbonyl (C=O) groups excluding carboxylic acids is 4. The molecule has 10 N–H and O–H groups in total. The summed E-state index contributed by atoms with van der Waals surface area (Å²) in [7, 11) is 1.62. The summed E-state index contributed by atoms with van der Waals surface area (Å²) in [5.41, 5.74) is 0.500. The molecule has 11 atom stereocenters. The van der Waals surface area contributed by atoms with E-state index in [0.717, 1.165) is 19.3 Å². The van der Waals surface area contributed by atoms with Crippen LogP contribution in [0.4, 0.5) is 0 Å². The van der Waals surface area contributed by atoms with Gasteiger partial charge >= 0.3 is 0 Å². The smallest absolute Gasteiger partial charge is 0.242 e. The standard InChI is InChI=1S/C42H78N4O15.C5H12/c1-28-36(52)38(54)31(26-47)60-41(28)58-24-13-5-8-18-33(49)43-20-12-10-16-30(40(56)45-21-11-4-7-17-34(50)44-22-15-23-57-3)46-35(51)19-9-6-14-25-59-42-29(2)37(53)39(55)32(27-48)61-42;1-5(2,3)4/h28-32,36-39,41-42,47-48,52-55H,4-27H2,1-3H3,(H,43,49)(H,44,50)(H,45,56)(H,46,51);1-4H3/t28?,29?,30-,31?,32?,36?,37?,38?,39?,41?,42?;/m0./s1. The first-order valence-electron chi connectivity index (χ1n) is 24.4. The highest BCUT2D eigenvalue weighted by Crippen LogP contribution is 2.28. The molecule has 388 valence electrons. The Hall–Kier alpha value is -2.56. The van der Waals surface area contributed by atoms with Gasteiger partial charge in [-0.2, -0.15) is 0 Å². The molecule has 0 aromatic carbocycles. The van der Waals surface area contributed by atoms with Gasteiger partial charge < -0.3 is 75.6 Å². The van der Waals surface area contributed by atoms with Gasteiger partial charge in [0.1, 0.15) is 30.5 Å². The fraction of sp³-hybridized carbons (Fsp3) is 0.915. The molecule has 0 spiro atoms. The lowest BCUT2D eigenvalue weighted by molar-refractivity contribution is -0.282. The van der Waals surface area contributed by atoms with Gasteiger partial charge in [0.15, 0.2) is 12.6 Å². The van der Waals surface area contributed by atoms with Crippen molar-refractivity contribution in [1.29, 1.82) is 0 Å². The number of hydrogen-bond donors (Lipinski definition) is 10. The van der Waals surface area contributed by atoms with Crippen molar-refractivity contribution in [3.8, 4) is 0 Å². The van der Waals surface area contributed by atoms with Gasteiger partial charge in [0, 0.05) is 77.7 Å². The third kappa shape index (κ3) is 27.4. The van der Waals surface area contributed by atoms with Crippen molar-refractivity contribution in [2.24, 2.45) is 17.3 Å². The van der Waals surface area contributed by atoms with Crippen LogP contribution in [0.2, 0.25) is 0 Å². The first kappa shape index (κ1) is 61.5. The molecule has 0 aromatic heterocycles.